The van der Waals surface area contributed by atoms with Crippen molar-refractivity contribution in [3.8, 4) is 0 Å². The van der Waals surface area contributed by atoms with Crippen molar-refractivity contribution in [2.24, 2.45) is 11.3 Å². The maximum atomic E-state index is 13.5. The number of methoxy groups -OCH3 is 1. The summed E-state index contributed by atoms with van der Waals surface area (Å²) in [6.45, 7) is 7.28. The van der Waals surface area contributed by atoms with Crippen LogP contribution in [-0.4, -0.2) is 57.6 Å². The fourth-order valence-electron chi connectivity index (χ4n) is 4.30. The lowest BCUT2D eigenvalue weighted by Gasteiger charge is -2.49. The zero-order chi connectivity index (χ0) is 26.7. The lowest BCUT2D eigenvalue weighted by atomic mass is 9.61. The molecule has 0 saturated carbocycles. The van der Waals surface area contributed by atoms with Crippen LogP contribution >= 0.6 is 22.9 Å². The smallest absolute Gasteiger partial charge is 0.339 e. The van der Waals surface area contributed by atoms with Gasteiger partial charge in [0, 0.05) is 24.9 Å². The highest BCUT2D eigenvalue weighted by Crippen LogP contribution is 2.50. The zero-order valence-electron chi connectivity index (χ0n) is 20.4. The van der Waals surface area contributed by atoms with E-state index in [1.165, 1.54) is 31.4 Å². The minimum Gasteiger partial charge on any atom is -0.481 e. The maximum Gasteiger partial charge on any atom is 0.339 e. The van der Waals surface area contributed by atoms with Gasteiger partial charge in [-0.15, -0.1) is 0 Å². The molecule has 0 amide bonds. The van der Waals surface area contributed by atoms with E-state index < -0.39 is 52.4 Å². The molecule has 0 radical (unpaired) electrons. The number of rotatable bonds is 8. The predicted molar refractivity (Wildman–Crippen MR) is 132 cm³/mol. The van der Waals surface area contributed by atoms with Crippen molar-refractivity contribution in [1.29, 1.82) is 0 Å². The molecular formula is C23H29IN2O9. The molecule has 1 aromatic rings. The number of benzene rings is 1. The first-order valence-electron chi connectivity index (χ1n) is 10.7. The van der Waals surface area contributed by atoms with Gasteiger partial charge < -0.3 is 22.4 Å². The van der Waals surface area contributed by atoms with Gasteiger partial charge in [0.25, 0.3) is 5.69 Å². The summed E-state index contributed by atoms with van der Waals surface area (Å²) in [6, 6.07) is 4.84. The van der Waals surface area contributed by atoms with Crippen LogP contribution in [0.25, 0.3) is 0 Å². The number of hydrogen-bond donors (Lipinski definition) is 1. The minimum atomic E-state index is -1.64. The molecule has 1 N–H and O–H groups in total. The molecule has 0 fully saturated rings. The molecule has 0 aliphatic carbocycles. The fourth-order valence-corrected chi connectivity index (χ4v) is 4.86. The number of hydrogen-bond acceptors (Lipinski definition) is 9. The third-order valence-corrected chi connectivity index (χ3v) is 7.51. The van der Waals surface area contributed by atoms with Crippen molar-refractivity contribution < 1.29 is 38.6 Å². The number of nitro benzene ring substituents is 1. The van der Waals surface area contributed by atoms with Gasteiger partial charge in [0.05, 0.1) is 62.8 Å². The number of carbonyl (C=O) groups is 3. The quantitative estimate of drug-likeness (QED) is 0.117. The number of carboxylic acid groups (broad SMARTS) is 1. The second-order valence-electron chi connectivity index (χ2n) is 9.27. The lowest BCUT2D eigenvalue weighted by molar-refractivity contribution is -0.385. The van der Waals surface area contributed by atoms with Crippen LogP contribution in [0.4, 0.5) is 5.69 Å². The summed E-state index contributed by atoms with van der Waals surface area (Å²) < 4.78 is 17.4. The Morgan fingerprint density at radius 2 is 1.89 bits per heavy atom. The maximum absolute atomic E-state index is 13.5. The molecule has 0 spiro atoms. The van der Waals surface area contributed by atoms with Gasteiger partial charge in [0.1, 0.15) is 0 Å². The van der Waals surface area contributed by atoms with Gasteiger partial charge in [0.15, 0.2) is 0 Å². The van der Waals surface area contributed by atoms with E-state index in [0.717, 1.165) is 0 Å². The molecule has 1 aromatic carbocycles. The number of allylic oxidation sites excluding steroid dienone is 1. The lowest BCUT2D eigenvalue weighted by Crippen LogP contribution is -2.58. The average molecular weight is 604 g/mol. The number of non-ortho nitro benzene ring substituents is 1. The normalized spacial score (nSPS) is 22.5. The second-order valence-corrected chi connectivity index (χ2v) is 10.3. The van der Waals surface area contributed by atoms with Gasteiger partial charge in [-0.1, -0.05) is 12.1 Å². The number of aliphatic carboxylic acids is 1. The van der Waals surface area contributed by atoms with Crippen LogP contribution in [0.5, 0.6) is 0 Å². The van der Waals surface area contributed by atoms with E-state index in [1.807, 2.05) is 22.9 Å². The third-order valence-electron chi connectivity index (χ3n) is 5.91. The summed E-state index contributed by atoms with van der Waals surface area (Å²) in [5.41, 5.74) is -2.16. The molecule has 1 heterocycles. The van der Waals surface area contributed by atoms with E-state index in [0.29, 0.717) is 5.70 Å². The molecule has 0 bridgehead atoms. The van der Waals surface area contributed by atoms with Crippen LogP contribution < -0.4 is 0 Å². The van der Waals surface area contributed by atoms with Gasteiger partial charge in [-0.2, -0.15) is 0 Å². The van der Waals surface area contributed by atoms with Crippen molar-refractivity contribution in [1.82, 2.24) is 3.11 Å². The summed E-state index contributed by atoms with van der Waals surface area (Å²) in [5, 5.41) is 21.8. The minimum absolute atomic E-state index is 0.0495. The number of nitrogens with zero attached hydrogens (tertiary/aromatic N) is 2. The highest BCUT2D eigenvalue weighted by molar-refractivity contribution is 14.1. The summed E-state index contributed by atoms with van der Waals surface area (Å²) in [6.07, 6.45) is 0. The van der Waals surface area contributed by atoms with Crippen LogP contribution in [0.2, 0.25) is 0 Å². The first kappa shape index (κ1) is 28.5. The number of halogens is 1. The fraction of sp³-hybridized carbons (Fsp3) is 0.522. The molecule has 0 saturated heterocycles. The van der Waals surface area contributed by atoms with Crippen LogP contribution in [0.15, 0.2) is 35.5 Å². The van der Waals surface area contributed by atoms with Crippen LogP contribution in [0, 0.1) is 21.4 Å². The van der Waals surface area contributed by atoms with E-state index in [4.69, 9.17) is 14.2 Å². The van der Waals surface area contributed by atoms with Crippen molar-refractivity contribution >= 4 is 46.5 Å². The highest BCUT2D eigenvalue weighted by atomic mass is 127. The molecule has 192 valence electrons. The number of ether oxygens (including phenoxy) is 3. The van der Waals surface area contributed by atoms with E-state index >= 15 is 0 Å². The largest absolute Gasteiger partial charge is 0.481 e. The molecular weight excluding hydrogens is 575 g/mol. The highest BCUT2D eigenvalue weighted by Gasteiger charge is 2.58. The average Bonchev–Trinajstić information content (AvgIpc) is 2.76. The molecule has 12 heteroatoms. The molecule has 0 aromatic heterocycles. The summed E-state index contributed by atoms with van der Waals surface area (Å²) in [5.74, 6) is -3.98. The Labute approximate surface area is 217 Å². The van der Waals surface area contributed by atoms with Crippen LogP contribution in [0.3, 0.4) is 0 Å². The van der Waals surface area contributed by atoms with E-state index in [9.17, 15) is 29.6 Å². The Morgan fingerprint density at radius 3 is 2.40 bits per heavy atom. The molecule has 1 aliphatic rings. The van der Waals surface area contributed by atoms with E-state index in [2.05, 4.69) is 0 Å². The summed E-state index contributed by atoms with van der Waals surface area (Å²) >= 11 is 1.92. The zero-order valence-corrected chi connectivity index (χ0v) is 22.5. The van der Waals surface area contributed by atoms with E-state index in [-0.39, 0.29) is 23.4 Å². The number of nitro groups is 1. The van der Waals surface area contributed by atoms with Gasteiger partial charge in [-0.25, -0.2) is 4.79 Å². The molecule has 3 atom stereocenters. The van der Waals surface area contributed by atoms with Gasteiger partial charge in [-0.3, -0.25) is 19.7 Å². The Hall–Kier alpha value is -2.74. The predicted octanol–water partition coefficient (Wildman–Crippen LogP) is 3.60. The summed E-state index contributed by atoms with van der Waals surface area (Å²) in [4.78, 5) is 49.0. The van der Waals surface area contributed by atoms with Gasteiger partial charge in [-0.05, 0) is 40.2 Å². The first-order chi connectivity index (χ1) is 16.2. The Morgan fingerprint density at radius 1 is 1.26 bits per heavy atom. The Bertz CT molecular complexity index is 1050. The SMILES string of the molecule is COCC1(c2cccc([N+](=O)[O-])c2)C(C(=O)OCOC(=O)C(C)(C)C)=C(C)N(I)C(C)C1C(=O)O. The van der Waals surface area contributed by atoms with Crippen molar-refractivity contribution in [3.05, 3.63) is 51.2 Å². The number of esters is 2. The van der Waals surface area contributed by atoms with E-state index in [1.54, 1.807) is 37.7 Å². The molecule has 1 aliphatic heterocycles. The molecule has 11 nitrogen and oxygen atoms in total. The molecule has 35 heavy (non-hydrogen) atoms. The van der Waals surface area contributed by atoms with Crippen LogP contribution in [0.1, 0.15) is 40.2 Å². The van der Waals surface area contributed by atoms with Crippen molar-refractivity contribution in [2.75, 3.05) is 20.5 Å². The second kappa shape index (κ2) is 10.9. The molecule has 3 unspecified atom stereocenters. The van der Waals surface area contributed by atoms with Gasteiger partial charge in [0.2, 0.25) is 6.79 Å². The molecule has 2 rings (SSSR count). The van der Waals surface area contributed by atoms with Gasteiger partial charge >= 0.3 is 17.9 Å². The number of carbonyl (C=O) groups excluding carboxylic acids is 2. The standard InChI is InChI=1S/C23H29IN2O9/c1-13-17(19(27)28)23(11-33-6,15-8-7-9-16(10-15)26(31)32)18(14(2)25(13)24)20(29)34-12-35-21(30)22(3,4)5/h7-10,13,17H,11-12H2,1-6H3,(H,27,28). The van der Waals surface area contributed by atoms with Crippen molar-refractivity contribution in [2.45, 2.75) is 46.1 Å². The first-order valence-corrected chi connectivity index (χ1v) is 11.6. The third kappa shape index (κ3) is 5.58. The number of carboxylic acids is 1. The topological polar surface area (TPSA) is 146 Å². The van der Waals surface area contributed by atoms with Crippen molar-refractivity contribution in [3.63, 3.8) is 0 Å². The Kier molecular flexibility index (Phi) is 8.87. The summed E-state index contributed by atoms with van der Waals surface area (Å²) in [7, 11) is 1.35. The van der Waals surface area contributed by atoms with Crippen LogP contribution in [-0.2, 0) is 34.0 Å². The Balaban J connectivity index is 2.71. The monoisotopic (exact) mass is 604 g/mol.